The van der Waals surface area contributed by atoms with Crippen LogP contribution in [0.1, 0.15) is 20.7 Å². The minimum atomic E-state index is -1.57. The summed E-state index contributed by atoms with van der Waals surface area (Å²) in [5.41, 5.74) is -2.17. The number of hydrogen-bond acceptors (Lipinski definition) is 13. The number of aliphatic hydroxyl groups excluding tert-OH is 6. The highest BCUT2D eigenvalue weighted by Crippen LogP contribution is 2.37. The van der Waals surface area contributed by atoms with E-state index in [1.807, 2.05) is 0 Å². The van der Waals surface area contributed by atoms with Crippen molar-refractivity contribution in [3.05, 3.63) is 59.7 Å². The summed E-state index contributed by atoms with van der Waals surface area (Å²) in [4.78, 5) is 25.9. The molecule has 0 spiro atoms. The van der Waals surface area contributed by atoms with Crippen molar-refractivity contribution < 1.29 is 59.2 Å². The number of amides is 2. The molecule has 10 atom stereocenters. The molecule has 2 aliphatic heterocycles. The first-order valence-electron chi connectivity index (χ1n) is 13.4. The van der Waals surface area contributed by atoms with E-state index in [2.05, 4.69) is 10.6 Å². The van der Waals surface area contributed by atoms with Crippen molar-refractivity contribution >= 4 is 23.6 Å². The van der Waals surface area contributed by atoms with E-state index in [1.54, 1.807) is 24.3 Å². The molecule has 2 fully saturated rings. The van der Waals surface area contributed by atoms with E-state index in [4.69, 9.17) is 18.9 Å². The lowest BCUT2D eigenvalue weighted by Gasteiger charge is -2.46. The number of rotatable bonds is 10. The summed E-state index contributed by atoms with van der Waals surface area (Å²) >= 11 is 0.734. The zero-order valence-electron chi connectivity index (χ0n) is 23.3. The summed E-state index contributed by atoms with van der Waals surface area (Å²) < 4.78 is 21.7. The second-order valence-electron chi connectivity index (χ2n) is 10.0. The van der Waals surface area contributed by atoms with Crippen molar-refractivity contribution in [1.82, 2.24) is 10.6 Å². The summed E-state index contributed by atoms with van der Waals surface area (Å²) in [6, 6.07) is 9.80. The maximum Gasteiger partial charge on any atom is 0.251 e. The van der Waals surface area contributed by atoms with Gasteiger partial charge in [0.05, 0.1) is 39.5 Å². The number of carbonyl (C=O) groups is 2. The van der Waals surface area contributed by atoms with Gasteiger partial charge in [0.2, 0.25) is 0 Å². The van der Waals surface area contributed by atoms with E-state index in [0.29, 0.717) is 11.5 Å². The fourth-order valence-electron chi connectivity index (χ4n) is 4.87. The molecule has 236 valence electrons. The first kappa shape index (κ1) is 32.9. The van der Waals surface area contributed by atoms with Crippen molar-refractivity contribution in [2.24, 2.45) is 0 Å². The van der Waals surface area contributed by atoms with Crippen LogP contribution in [0.15, 0.2) is 48.5 Å². The molecule has 14 nitrogen and oxygen atoms in total. The molecule has 0 saturated carbocycles. The summed E-state index contributed by atoms with van der Waals surface area (Å²) in [5.74, 6) is -0.442. The van der Waals surface area contributed by atoms with Crippen molar-refractivity contribution in [3.8, 4) is 11.5 Å². The Morgan fingerprint density at radius 3 is 1.47 bits per heavy atom. The van der Waals surface area contributed by atoms with Gasteiger partial charge in [0.15, 0.2) is 0 Å². The molecule has 0 aliphatic carbocycles. The molecule has 4 rings (SSSR count). The molecule has 2 unspecified atom stereocenters. The Morgan fingerprint density at radius 2 is 1.12 bits per heavy atom. The molecular formula is C28H36N2O12S. The standard InChI is InChI=1S/C28H36N2O12S/c1-39-15-7-3-5-13(9-15)25(37)29-19-21(33)17(11-31)41-27(23(19)35)43-28-24(36)20(22(34)18(12-32)42-28)30-26(38)14-6-4-8-16(10-14)40-2/h3-10,17-24,27-28,31-36H,11-12H2,1-2H3,(H,29,37)(H,30,38)/t17-,18-,19+,20+,21+,22+,23-,24-,27?,28?/m1/s1. The van der Waals surface area contributed by atoms with Gasteiger partial charge in [-0.1, -0.05) is 23.9 Å². The van der Waals surface area contributed by atoms with Gasteiger partial charge < -0.3 is 60.2 Å². The van der Waals surface area contributed by atoms with Crippen LogP contribution in [0.3, 0.4) is 0 Å². The lowest BCUT2D eigenvalue weighted by molar-refractivity contribution is -0.175. The molecule has 8 N–H and O–H groups in total. The number of nitrogens with one attached hydrogen (secondary N) is 2. The van der Waals surface area contributed by atoms with E-state index in [9.17, 15) is 40.2 Å². The van der Waals surface area contributed by atoms with E-state index in [1.165, 1.54) is 38.5 Å². The monoisotopic (exact) mass is 624 g/mol. The second-order valence-corrected chi connectivity index (χ2v) is 11.2. The fourth-order valence-corrected chi connectivity index (χ4v) is 6.21. The van der Waals surface area contributed by atoms with Crippen LogP contribution < -0.4 is 20.1 Å². The van der Waals surface area contributed by atoms with Crippen molar-refractivity contribution in [2.45, 2.75) is 59.6 Å². The predicted octanol–water partition coefficient (Wildman–Crippen LogP) is -1.79. The number of ether oxygens (including phenoxy) is 4. The van der Waals surface area contributed by atoms with Crippen LogP contribution in [0.5, 0.6) is 11.5 Å². The summed E-state index contributed by atoms with van der Waals surface area (Å²) in [6.07, 6.45) is -8.63. The molecule has 0 radical (unpaired) electrons. The van der Waals surface area contributed by atoms with Gasteiger partial charge in [-0.3, -0.25) is 9.59 Å². The summed E-state index contributed by atoms with van der Waals surface area (Å²) in [7, 11) is 2.88. The lowest BCUT2D eigenvalue weighted by atomic mass is 9.96. The SMILES string of the molecule is COc1cccc(C(=O)N[C@H]2[C@@H](O)[C@@H](CO)OC(SC3O[C@H](CO)[C@H](O)[C@H](NC(=O)c4cccc(OC)c4)[C@H]3O)[C@@H]2O)c1. The molecule has 2 heterocycles. The Bertz CT molecular complexity index is 1160. The molecule has 2 aliphatic rings. The molecule has 2 saturated heterocycles. The highest BCUT2D eigenvalue weighted by atomic mass is 32.2. The molecule has 15 heteroatoms. The molecule has 2 amide bonds. The van der Waals surface area contributed by atoms with Crippen LogP contribution in [0.4, 0.5) is 0 Å². The van der Waals surface area contributed by atoms with Crippen LogP contribution in [0, 0.1) is 0 Å². The van der Waals surface area contributed by atoms with E-state index in [0.717, 1.165) is 11.8 Å². The van der Waals surface area contributed by atoms with Crippen LogP contribution in [-0.4, -0.2) is 129 Å². The van der Waals surface area contributed by atoms with Crippen LogP contribution in [-0.2, 0) is 9.47 Å². The number of thioether (sulfide) groups is 1. The van der Waals surface area contributed by atoms with Crippen molar-refractivity contribution in [1.29, 1.82) is 0 Å². The third-order valence-corrected chi connectivity index (χ3v) is 8.61. The smallest absolute Gasteiger partial charge is 0.251 e. The van der Waals surface area contributed by atoms with Gasteiger partial charge in [-0.05, 0) is 36.4 Å². The largest absolute Gasteiger partial charge is 0.497 e. The number of benzene rings is 2. The Morgan fingerprint density at radius 1 is 0.721 bits per heavy atom. The molecule has 2 aromatic carbocycles. The lowest BCUT2D eigenvalue weighted by Crippen LogP contribution is -2.66. The third kappa shape index (κ3) is 7.39. The molecular weight excluding hydrogens is 588 g/mol. The fraction of sp³-hybridized carbons (Fsp3) is 0.500. The molecule has 43 heavy (non-hydrogen) atoms. The average molecular weight is 625 g/mol. The first-order chi connectivity index (χ1) is 20.6. The Labute approximate surface area is 251 Å². The Balaban J connectivity index is 1.51. The Hall–Kier alpha value is -2.99. The maximum absolute atomic E-state index is 13.0. The predicted molar refractivity (Wildman–Crippen MR) is 152 cm³/mol. The van der Waals surface area contributed by atoms with Gasteiger partial charge in [0.1, 0.15) is 59.0 Å². The van der Waals surface area contributed by atoms with Gasteiger partial charge >= 0.3 is 0 Å². The van der Waals surface area contributed by atoms with E-state index in [-0.39, 0.29) is 11.1 Å². The second kappa shape index (κ2) is 14.7. The van der Waals surface area contributed by atoms with Gasteiger partial charge in [0.25, 0.3) is 11.8 Å². The molecule has 0 bridgehead atoms. The van der Waals surface area contributed by atoms with Gasteiger partial charge in [0, 0.05) is 11.1 Å². The third-order valence-electron chi connectivity index (χ3n) is 7.30. The van der Waals surface area contributed by atoms with Crippen LogP contribution in [0.25, 0.3) is 0 Å². The van der Waals surface area contributed by atoms with E-state index >= 15 is 0 Å². The van der Waals surface area contributed by atoms with Crippen LogP contribution in [0.2, 0.25) is 0 Å². The van der Waals surface area contributed by atoms with Crippen molar-refractivity contribution in [3.63, 3.8) is 0 Å². The number of aliphatic hydroxyl groups is 6. The minimum absolute atomic E-state index is 0.190. The average Bonchev–Trinajstić information content (AvgIpc) is 3.03. The van der Waals surface area contributed by atoms with Gasteiger partial charge in [-0.15, -0.1) is 0 Å². The quantitative estimate of drug-likeness (QED) is 0.147. The highest BCUT2D eigenvalue weighted by molar-refractivity contribution is 8.00. The Kier molecular flexibility index (Phi) is 11.2. The number of hydrogen-bond donors (Lipinski definition) is 8. The highest BCUT2D eigenvalue weighted by Gasteiger charge is 2.50. The normalized spacial score (nSPS) is 32.5. The zero-order chi connectivity index (χ0) is 31.3. The van der Waals surface area contributed by atoms with E-state index < -0.39 is 84.6 Å². The first-order valence-corrected chi connectivity index (χ1v) is 14.4. The maximum atomic E-state index is 13.0. The zero-order valence-corrected chi connectivity index (χ0v) is 24.2. The molecule has 0 aromatic heterocycles. The number of methoxy groups -OCH3 is 2. The minimum Gasteiger partial charge on any atom is -0.497 e. The summed E-state index contributed by atoms with van der Waals surface area (Å²) in [6.45, 7) is -1.33. The van der Waals surface area contributed by atoms with Gasteiger partial charge in [-0.2, -0.15) is 0 Å². The van der Waals surface area contributed by atoms with Crippen LogP contribution >= 0.6 is 11.8 Å². The molecule has 2 aromatic rings. The topological polar surface area (TPSA) is 216 Å². The summed E-state index contributed by atoms with van der Waals surface area (Å²) in [5, 5.41) is 68.7. The van der Waals surface area contributed by atoms with Crippen molar-refractivity contribution in [2.75, 3.05) is 27.4 Å². The number of carbonyl (C=O) groups excluding carboxylic acids is 2. The van der Waals surface area contributed by atoms with Gasteiger partial charge in [-0.25, -0.2) is 0 Å².